The van der Waals surface area contributed by atoms with Crippen LogP contribution in [-0.4, -0.2) is 48.7 Å². The van der Waals surface area contributed by atoms with Gasteiger partial charge in [-0.3, -0.25) is 4.79 Å². The van der Waals surface area contributed by atoms with Crippen LogP contribution in [0.3, 0.4) is 0 Å². The summed E-state index contributed by atoms with van der Waals surface area (Å²) in [6, 6.07) is 13.8. The molecule has 2 heterocycles. The molecule has 0 spiro atoms. The minimum Gasteiger partial charge on any atom is -0.480 e. The van der Waals surface area contributed by atoms with Crippen LogP contribution in [0.5, 0.6) is 5.88 Å². The first-order valence-electron chi connectivity index (χ1n) is 8.21. The van der Waals surface area contributed by atoms with E-state index < -0.39 is 0 Å². The first-order valence-corrected chi connectivity index (χ1v) is 8.21. The highest BCUT2D eigenvalue weighted by atomic mass is 16.5. The molecule has 0 unspecified atom stereocenters. The zero-order valence-corrected chi connectivity index (χ0v) is 13.9. The van der Waals surface area contributed by atoms with E-state index >= 15 is 0 Å². The number of benzene rings is 1. The van der Waals surface area contributed by atoms with E-state index in [1.807, 2.05) is 23.1 Å². The predicted molar refractivity (Wildman–Crippen MR) is 91.2 cm³/mol. The molecule has 0 saturated carbocycles. The molecule has 1 amide bonds. The molecule has 1 aliphatic heterocycles. The van der Waals surface area contributed by atoms with E-state index in [1.54, 1.807) is 18.3 Å². The van der Waals surface area contributed by atoms with Crippen molar-refractivity contribution in [2.75, 3.05) is 26.8 Å². The lowest BCUT2D eigenvalue weighted by atomic mass is 10.1. The maximum Gasteiger partial charge on any atom is 0.259 e. The van der Waals surface area contributed by atoms with Crippen LogP contribution < -0.4 is 4.74 Å². The summed E-state index contributed by atoms with van der Waals surface area (Å²) in [5.74, 6) is 0.322. The molecule has 1 aromatic heterocycles. The van der Waals surface area contributed by atoms with Crippen LogP contribution in [0.15, 0.2) is 48.7 Å². The maximum atomic E-state index is 12.7. The lowest BCUT2D eigenvalue weighted by Gasteiger charge is -2.33. The molecule has 0 aliphatic carbocycles. The van der Waals surface area contributed by atoms with Crippen molar-refractivity contribution in [3.8, 4) is 5.88 Å². The second-order valence-electron chi connectivity index (χ2n) is 5.83. The number of aryl methyl sites for hydroxylation is 1. The third-order valence-electron chi connectivity index (χ3n) is 4.22. The molecule has 1 fully saturated rings. The monoisotopic (exact) mass is 326 g/mol. The number of aromatic nitrogens is 1. The van der Waals surface area contributed by atoms with Crippen LogP contribution in [0.25, 0.3) is 0 Å². The Kier molecular flexibility index (Phi) is 5.43. The van der Waals surface area contributed by atoms with Crippen LogP contribution in [-0.2, 0) is 11.2 Å². The van der Waals surface area contributed by atoms with Crippen LogP contribution in [0.2, 0.25) is 0 Å². The number of ether oxygens (including phenoxy) is 2. The number of methoxy groups -OCH3 is 1. The Morgan fingerprint density at radius 3 is 2.92 bits per heavy atom. The van der Waals surface area contributed by atoms with Crippen molar-refractivity contribution in [2.45, 2.75) is 18.9 Å². The molecule has 1 aromatic carbocycles. The first kappa shape index (κ1) is 16.5. The second-order valence-corrected chi connectivity index (χ2v) is 5.83. The molecule has 0 N–H and O–H groups in total. The molecular weight excluding hydrogens is 304 g/mol. The molecular formula is C19H22N2O3. The van der Waals surface area contributed by atoms with Crippen molar-refractivity contribution < 1.29 is 14.3 Å². The maximum absolute atomic E-state index is 12.7. The number of carbonyl (C=O) groups excluding carboxylic acids is 1. The Labute approximate surface area is 142 Å². The highest BCUT2D eigenvalue weighted by Gasteiger charge is 2.26. The van der Waals surface area contributed by atoms with Crippen molar-refractivity contribution in [2.24, 2.45) is 0 Å². The van der Waals surface area contributed by atoms with Crippen LogP contribution >= 0.6 is 0 Å². The minimum absolute atomic E-state index is 0.0482. The summed E-state index contributed by atoms with van der Waals surface area (Å²) < 4.78 is 11.0. The average Bonchev–Trinajstić information content (AvgIpc) is 2.67. The normalized spacial score (nSPS) is 17.5. The van der Waals surface area contributed by atoms with Gasteiger partial charge in [0.05, 0.1) is 19.8 Å². The van der Waals surface area contributed by atoms with Crippen molar-refractivity contribution >= 4 is 5.91 Å². The third kappa shape index (κ3) is 3.92. The molecule has 0 bridgehead atoms. The van der Waals surface area contributed by atoms with Gasteiger partial charge in [-0.15, -0.1) is 0 Å². The molecule has 0 radical (unpaired) electrons. The number of nitrogens with zero attached hydrogens (tertiary/aromatic N) is 2. The van der Waals surface area contributed by atoms with Gasteiger partial charge in [0.25, 0.3) is 5.91 Å². The summed E-state index contributed by atoms with van der Waals surface area (Å²) in [5, 5.41) is 0. The fourth-order valence-corrected chi connectivity index (χ4v) is 2.94. The Balaban J connectivity index is 1.61. The fourth-order valence-electron chi connectivity index (χ4n) is 2.94. The van der Waals surface area contributed by atoms with E-state index in [9.17, 15) is 4.79 Å². The minimum atomic E-state index is -0.0482. The van der Waals surface area contributed by atoms with Crippen LogP contribution in [0, 0.1) is 0 Å². The Bertz CT molecular complexity index is 675. The summed E-state index contributed by atoms with van der Waals surface area (Å²) in [6.07, 6.45) is 3.53. The number of amides is 1. The predicted octanol–water partition coefficient (Wildman–Crippen LogP) is 2.56. The first-order chi connectivity index (χ1) is 11.8. The molecule has 1 saturated heterocycles. The Morgan fingerprint density at radius 2 is 2.12 bits per heavy atom. The quantitative estimate of drug-likeness (QED) is 0.847. The molecule has 3 rings (SSSR count). The third-order valence-corrected chi connectivity index (χ3v) is 4.22. The molecule has 1 aliphatic rings. The van der Waals surface area contributed by atoms with Gasteiger partial charge in [0.1, 0.15) is 5.56 Å². The van der Waals surface area contributed by atoms with Gasteiger partial charge in [0.2, 0.25) is 5.88 Å². The molecule has 5 heteroatoms. The van der Waals surface area contributed by atoms with Crippen LogP contribution in [0.1, 0.15) is 22.3 Å². The van der Waals surface area contributed by atoms with E-state index in [4.69, 9.17) is 9.47 Å². The van der Waals surface area contributed by atoms with Gasteiger partial charge in [-0.05, 0) is 30.5 Å². The van der Waals surface area contributed by atoms with Gasteiger partial charge in [0.15, 0.2) is 0 Å². The van der Waals surface area contributed by atoms with Gasteiger partial charge in [-0.25, -0.2) is 4.98 Å². The van der Waals surface area contributed by atoms with Gasteiger partial charge in [-0.1, -0.05) is 30.3 Å². The summed E-state index contributed by atoms with van der Waals surface area (Å²) in [5.41, 5.74) is 1.79. The van der Waals surface area contributed by atoms with E-state index in [2.05, 4.69) is 17.1 Å². The standard InChI is InChI=1S/C19H22N2O3/c1-23-18-17(8-5-11-20-18)19(22)21-12-13-24-16(14-21)10-9-15-6-3-2-4-7-15/h2-8,11,16H,9-10,12-14H2,1H3/t16-/m0/s1. The highest BCUT2D eigenvalue weighted by Crippen LogP contribution is 2.19. The Hall–Kier alpha value is -2.40. The summed E-state index contributed by atoms with van der Waals surface area (Å²) in [6.45, 7) is 1.76. The van der Waals surface area contributed by atoms with E-state index in [0.29, 0.717) is 31.1 Å². The number of carbonyl (C=O) groups is 1. The topological polar surface area (TPSA) is 51.7 Å². The average molecular weight is 326 g/mol. The molecule has 24 heavy (non-hydrogen) atoms. The van der Waals surface area contributed by atoms with Crippen molar-refractivity contribution in [1.82, 2.24) is 9.88 Å². The van der Waals surface area contributed by atoms with Gasteiger partial charge >= 0.3 is 0 Å². The molecule has 2 aromatic rings. The van der Waals surface area contributed by atoms with Crippen molar-refractivity contribution in [1.29, 1.82) is 0 Å². The van der Waals surface area contributed by atoms with E-state index in [-0.39, 0.29) is 12.0 Å². The van der Waals surface area contributed by atoms with Gasteiger partial charge in [-0.2, -0.15) is 0 Å². The van der Waals surface area contributed by atoms with Crippen molar-refractivity contribution in [3.63, 3.8) is 0 Å². The lowest BCUT2D eigenvalue weighted by Crippen LogP contribution is -2.45. The van der Waals surface area contributed by atoms with Crippen molar-refractivity contribution in [3.05, 3.63) is 59.8 Å². The summed E-state index contributed by atoms with van der Waals surface area (Å²) in [4.78, 5) is 18.7. The van der Waals surface area contributed by atoms with E-state index in [0.717, 1.165) is 12.8 Å². The number of hydrogen-bond donors (Lipinski definition) is 0. The molecule has 5 nitrogen and oxygen atoms in total. The zero-order valence-electron chi connectivity index (χ0n) is 13.9. The SMILES string of the molecule is COc1ncccc1C(=O)N1CCO[C@@H](CCc2ccccc2)C1. The zero-order chi connectivity index (χ0) is 16.8. The van der Waals surface area contributed by atoms with Gasteiger partial charge in [0, 0.05) is 19.3 Å². The smallest absolute Gasteiger partial charge is 0.259 e. The highest BCUT2D eigenvalue weighted by molar-refractivity contribution is 5.96. The fraction of sp³-hybridized carbons (Fsp3) is 0.368. The van der Waals surface area contributed by atoms with E-state index in [1.165, 1.54) is 12.7 Å². The lowest BCUT2D eigenvalue weighted by molar-refractivity contribution is -0.0247. The summed E-state index contributed by atoms with van der Waals surface area (Å²) >= 11 is 0. The molecule has 1 atom stereocenters. The second kappa shape index (κ2) is 7.93. The largest absolute Gasteiger partial charge is 0.480 e. The number of rotatable bonds is 5. The number of pyridine rings is 1. The number of hydrogen-bond acceptors (Lipinski definition) is 4. The van der Waals surface area contributed by atoms with Gasteiger partial charge < -0.3 is 14.4 Å². The summed E-state index contributed by atoms with van der Waals surface area (Å²) in [7, 11) is 1.53. The Morgan fingerprint density at radius 1 is 1.29 bits per heavy atom. The molecule has 126 valence electrons. The van der Waals surface area contributed by atoms with Crippen LogP contribution in [0.4, 0.5) is 0 Å². The number of morpholine rings is 1.